The topological polar surface area (TPSA) is 121 Å². The van der Waals surface area contributed by atoms with Gasteiger partial charge in [0.15, 0.2) is 5.96 Å². The number of carbonyl (C=O) groups is 1. The molecule has 2 atom stereocenters. The van der Waals surface area contributed by atoms with Gasteiger partial charge in [-0.05, 0) is 12.1 Å². The maximum atomic E-state index is 13.7. The Bertz CT molecular complexity index is 1030. The van der Waals surface area contributed by atoms with E-state index in [0.717, 1.165) is 11.1 Å². The average Bonchev–Trinajstić information content (AvgIpc) is 3.32. The second-order valence-electron chi connectivity index (χ2n) is 6.53. The van der Waals surface area contributed by atoms with Crippen LogP contribution < -0.4 is 15.4 Å². The molecule has 11 heteroatoms. The first-order valence-electron chi connectivity index (χ1n) is 8.34. The molecule has 0 spiro atoms. The number of nitrogens with zero attached hydrogens (tertiary/aromatic N) is 6. The third-order valence-corrected chi connectivity index (χ3v) is 6.17. The van der Waals surface area contributed by atoms with Gasteiger partial charge in [0.1, 0.15) is 16.5 Å². The fourth-order valence-electron chi connectivity index (χ4n) is 3.58. The molecule has 1 fully saturated rings. The normalized spacial score (nSPS) is 24.0. The number of guanidine groups is 1. The number of rotatable bonds is 3. The van der Waals surface area contributed by atoms with Gasteiger partial charge in [0.05, 0.1) is 25.8 Å². The number of amides is 1. The smallest absolute Gasteiger partial charge is 0.255 e. The van der Waals surface area contributed by atoms with E-state index in [9.17, 15) is 14.4 Å². The Morgan fingerprint density at radius 2 is 2.29 bits per heavy atom. The molecule has 2 N–H and O–H groups in total. The number of aromatic nitrogens is 2. The number of anilines is 1. The van der Waals surface area contributed by atoms with Crippen molar-refractivity contribution in [2.24, 2.45) is 16.6 Å². The Hall–Kier alpha value is -3.26. The molecule has 4 rings (SSSR count). The number of halogens is 1. The Morgan fingerprint density at radius 1 is 1.50 bits per heavy atom. The molecule has 1 saturated heterocycles. The summed E-state index contributed by atoms with van der Waals surface area (Å²) in [6.07, 6.45) is 1.03. The number of methoxy groups -OCH3 is 1. The fourth-order valence-corrected chi connectivity index (χ4v) is 4.57. The first kappa shape index (κ1) is 18.1. The lowest BCUT2D eigenvalue weighted by Crippen LogP contribution is -2.54. The van der Waals surface area contributed by atoms with E-state index in [4.69, 9.17) is 10.5 Å². The molecule has 0 aliphatic carbocycles. The number of carbonyl (C=O) groups excluding carboxylic acids is 1. The van der Waals surface area contributed by atoms with Gasteiger partial charge in [-0.3, -0.25) is 9.69 Å². The summed E-state index contributed by atoms with van der Waals surface area (Å²) in [6.45, 7) is 0.534. The van der Waals surface area contributed by atoms with Gasteiger partial charge < -0.3 is 15.4 Å². The van der Waals surface area contributed by atoms with Crippen LogP contribution in [-0.2, 0) is 10.3 Å². The molecule has 0 unspecified atom stereocenters. The zero-order chi connectivity index (χ0) is 20.1. The highest BCUT2D eigenvalue weighted by Crippen LogP contribution is 2.46. The number of fused-ring (bicyclic) bond motifs is 1. The minimum atomic E-state index is -0.960. The van der Waals surface area contributed by atoms with Crippen molar-refractivity contribution >= 4 is 29.2 Å². The van der Waals surface area contributed by atoms with E-state index >= 15 is 0 Å². The van der Waals surface area contributed by atoms with Crippen molar-refractivity contribution in [3.8, 4) is 11.9 Å². The molecule has 2 aliphatic rings. The number of nitriles is 1. The van der Waals surface area contributed by atoms with Crippen molar-refractivity contribution in [3.05, 3.63) is 33.9 Å². The van der Waals surface area contributed by atoms with Crippen LogP contribution in [0, 0.1) is 23.1 Å². The molecule has 0 aromatic carbocycles. The maximum Gasteiger partial charge on any atom is 0.255 e. The van der Waals surface area contributed by atoms with Gasteiger partial charge in [0.25, 0.3) is 5.88 Å². The molecular weight excluding hydrogens is 385 g/mol. The van der Waals surface area contributed by atoms with Crippen LogP contribution in [0.15, 0.2) is 23.3 Å². The van der Waals surface area contributed by atoms with Gasteiger partial charge >= 0.3 is 0 Å². The van der Waals surface area contributed by atoms with Gasteiger partial charge in [-0.2, -0.15) is 14.6 Å². The second kappa shape index (κ2) is 6.42. The second-order valence-corrected chi connectivity index (χ2v) is 7.61. The van der Waals surface area contributed by atoms with Crippen LogP contribution in [0.2, 0.25) is 0 Å². The molecule has 0 radical (unpaired) electrons. The predicted octanol–water partition coefficient (Wildman–Crippen LogP) is 0.676. The minimum absolute atomic E-state index is 0.104. The predicted molar refractivity (Wildman–Crippen MR) is 99.3 cm³/mol. The first-order valence-corrected chi connectivity index (χ1v) is 9.16. The standard InChI is InChI=1S/C17H16FN7O2S/c1-24-14(26)10-7-25(16-21-6-11(18)13(22-16)27-2)8-17(10,23-15(24)20)12-4-3-9(5-19)28-12/h3-4,6,10H,7-8H2,1-2H3,(H2,20,23)/t10-,17-/m0/s1. The van der Waals surface area contributed by atoms with Crippen LogP contribution >= 0.6 is 11.3 Å². The SMILES string of the molecule is COc1nc(N2C[C@H]3C(=O)N(C)C(N)=N[C@@]3(c3ccc(C#N)s3)C2)ncc1F. The maximum absolute atomic E-state index is 13.7. The van der Waals surface area contributed by atoms with E-state index in [1.165, 1.54) is 23.3 Å². The van der Waals surface area contributed by atoms with Gasteiger partial charge in [0.2, 0.25) is 17.7 Å². The zero-order valence-corrected chi connectivity index (χ0v) is 15.9. The Kier molecular flexibility index (Phi) is 4.15. The number of aliphatic imine (C=N–C) groups is 1. The lowest BCUT2D eigenvalue weighted by molar-refractivity contribution is -0.132. The molecule has 9 nitrogen and oxygen atoms in total. The summed E-state index contributed by atoms with van der Waals surface area (Å²) < 4.78 is 18.6. The zero-order valence-electron chi connectivity index (χ0n) is 15.1. The van der Waals surface area contributed by atoms with E-state index in [1.54, 1.807) is 24.1 Å². The first-order chi connectivity index (χ1) is 13.4. The molecule has 2 aromatic heterocycles. The monoisotopic (exact) mass is 401 g/mol. The van der Waals surface area contributed by atoms with Crippen molar-refractivity contribution in [3.63, 3.8) is 0 Å². The van der Waals surface area contributed by atoms with E-state index in [-0.39, 0.29) is 36.8 Å². The number of nitrogens with two attached hydrogens (primary N) is 1. The van der Waals surface area contributed by atoms with Crippen molar-refractivity contribution in [2.45, 2.75) is 5.54 Å². The highest BCUT2D eigenvalue weighted by Gasteiger charge is 2.56. The van der Waals surface area contributed by atoms with Crippen molar-refractivity contribution in [2.75, 3.05) is 32.1 Å². The van der Waals surface area contributed by atoms with Gasteiger partial charge in [0, 0.05) is 18.5 Å². The van der Waals surface area contributed by atoms with Crippen molar-refractivity contribution in [1.29, 1.82) is 5.26 Å². The summed E-state index contributed by atoms with van der Waals surface area (Å²) in [5.74, 6) is -1.25. The fraction of sp³-hybridized carbons (Fsp3) is 0.353. The lowest BCUT2D eigenvalue weighted by atomic mass is 9.84. The summed E-state index contributed by atoms with van der Waals surface area (Å²) in [6, 6.07) is 5.59. The highest BCUT2D eigenvalue weighted by atomic mass is 32.1. The van der Waals surface area contributed by atoms with Gasteiger partial charge in [-0.15, -0.1) is 11.3 Å². The molecule has 4 heterocycles. The molecule has 28 heavy (non-hydrogen) atoms. The van der Waals surface area contributed by atoms with E-state index < -0.39 is 17.3 Å². The molecule has 1 amide bonds. The van der Waals surface area contributed by atoms with Crippen LogP contribution in [0.4, 0.5) is 10.3 Å². The number of thiophene rings is 1. The Labute approximate surface area is 163 Å². The molecule has 144 valence electrons. The average molecular weight is 401 g/mol. The van der Waals surface area contributed by atoms with E-state index in [1.807, 2.05) is 0 Å². The molecule has 2 aliphatic heterocycles. The van der Waals surface area contributed by atoms with Crippen LogP contribution in [0.1, 0.15) is 9.75 Å². The third kappa shape index (κ3) is 2.56. The number of hydrogen-bond acceptors (Lipinski definition) is 9. The molecule has 2 aromatic rings. The minimum Gasteiger partial charge on any atom is -0.479 e. The summed E-state index contributed by atoms with van der Waals surface area (Å²) in [7, 11) is 2.89. The molecule has 0 bridgehead atoms. The Morgan fingerprint density at radius 3 is 2.96 bits per heavy atom. The van der Waals surface area contributed by atoms with Gasteiger partial charge in [-0.1, -0.05) is 0 Å². The summed E-state index contributed by atoms with van der Waals surface area (Å²) in [4.78, 5) is 30.1. The highest BCUT2D eigenvalue weighted by molar-refractivity contribution is 7.12. The molecular formula is C17H16FN7O2S. The summed E-state index contributed by atoms with van der Waals surface area (Å²) in [5, 5.41) is 9.19. The summed E-state index contributed by atoms with van der Waals surface area (Å²) >= 11 is 1.27. The van der Waals surface area contributed by atoms with Crippen LogP contribution in [0.3, 0.4) is 0 Å². The number of ether oxygens (including phenoxy) is 1. The summed E-state index contributed by atoms with van der Waals surface area (Å²) in [5.41, 5.74) is 5.05. The van der Waals surface area contributed by atoms with Crippen LogP contribution in [0.5, 0.6) is 5.88 Å². The van der Waals surface area contributed by atoms with Crippen LogP contribution in [-0.4, -0.2) is 54.0 Å². The van der Waals surface area contributed by atoms with Crippen molar-refractivity contribution in [1.82, 2.24) is 14.9 Å². The number of hydrogen-bond donors (Lipinski definition) is 1. The lowest BCUT2D eigenvalue weighted by Gasteiger charge is -2.36. The van der Waals surface area contributed by atoms with E-state index in [2.05, 4.69) is 21.0 Å². The van der Waals surface area contributed by atoms with Crippen molar-refractivity contribution < 1.29 is 13.9 Å². The van der Waals surface area contributed by atoms with Gasteiger partial charge in [-0.25, -0.2) is 9.98 Å². The third-order valence-electron chi connectivity index (χ3n) is 5.02. The van der Waals surface area contributed by atoms with E-state index in [0.29, 0.717) is 4.88 Å². The largest absolute Gasteiger partial charge is 0.479 e. The molecule has 0 saturated carbocycles. The quantitative estimate of drug-likeness (QED) is 0.803. The van der Waals surface area contributed by atoms with Crippen LogP contribution in [0.25, 0.3) is 0 Å². The Balaban J connectivity index is 1.81.